The number of rotatable bonds is 4. The summed E-state index contributed by atoms with van der Waals surface area (Å²) in [5.74, 6) is 0.570. The molecule has 17 heavy (non-hydrogen) atoms. The van der Waals surface area contributed by atoms with Crippen molar-refractivity contribution in [2.24, 2.45) is 7.05 Å². The van der Waals surface area contributed by atoms with Crippen molar-refractivity contribution >= 4 is 0 Å². The molecule has 0 amide bonds. The lowest BCUT2D eigenvalue weighted by atomic mass is 10.1. The lowest BCUT2D eigenvalue weighted by molar-refractivity contribution is 0.608. The summed E-state index contributed by atoms with van der Waals surface area (Å²) in [4.78, 5) is 4.09. The van der Waals surface area contributed by atoms with Gasteiger partial charge in [-0.1, -0.05) is 12.1 Å². The Balaban J connectivity index is 1.87. The first-order chi connectivity index (χ1) is 8.15. The van der Waals surface area contributed by atoms with Crippen LogP contribution in [0.3, 0.4) is 0 Å². The van der Waals surface area contributed by atoms with E-state index in [1.54, 1.807) is 30.1 Å². The Hall–Kier alpha value is -1.75. The van der Waals surface area contributed by atoms with E-state index in [0.29, 0.717) is 18.7 Å². The van der Waals surface area contributed by atoms with Crippen LogP contribution in [-0.2, 0) is 20.1 Å². The molecular formula is C12H15FN4. The zero-order chi connectivity index (χ0) is 12.3. The van der Waals surface area contributed by atoms with Crippen LogP contribution in [0.15, 0.2) is 24.5 Å². The Bertz CT molecular complexity index is 507. The van der Waals surface area contributed by atoms with Gasteiger partial charge in [-0.05, 0) is 24.1 Å². The Morgan fingerprint density at radius 3 is 2.82 bits per heavy atom. The largest absolute Gasteiger partial charge is 0.306 e. The number of halogens is 1. The van der Waals surface area contributed by atoms with Crippen LogP contribution in [0.1, 0.15) is 17.0 Å². The molecule has 0 radical (unpaired) electrons. The Kier molecular flexibility index (Phi) is 3.49. The quantitative estimate of drug-likeness (QED) is 0.872. The van der Waals surface area contributed by atoms with Gasteiger partial charge in [-0.2, -0.15) is 5.10 Å². The van der Waals surface area contributed by atoms with Gasteiger partial charge in [-0.25, -0.2) is 9.37 Å². The van der Waals surface area contributed by atoms with Crippen LogP contribution in [0.25, 0.3) is 0 Å². The summed E-state index contributed by atoms with van der Waals surface area (Å²) >= 11 is 0. The highest BCUT2D eigenvalue weighted by molar-refractivity contribution is 5.23. The number of nitrogens with one attached hydrogen (secondary N) is 1. The third kappa shape index (κ3) is 3.10. The first kappa shape index (κ1) is 11.7. The molecule has 90 valence electrons. The molecule has 0 fully saturated rings. The van der Waals surface area contributed by atoms with Gasteiger partial charge in [0.2, 0.25) is 0 Å². The van der Waals surface area contributed by atoms with E-state index in [1.165, 1.54) is 0 Å². The molecule has 0 saturated carbocycles. The van der Waals surface area contributed by atoms with Gasteiger partial charge in [0.05, 0.1) is 6.54 Å². The molecule has 0 saturated heterocycles. The summed E-state index contributed by atoms with van der Waals surface area (Å²) in [6.07, 6.45) is 1.66. The molecule has 0 atom stereocenters. The average molecular weight is 234 g/mol. The number of hydrogen-bond acceptors (Lipinski definition) is 3. The summed E-state index contributed by atoms with van der Waals surface area (Å²) in [5, 5.41) is 7.32. The average Bonchev–Trinajstić information content (AvgIpc) is 2.70. The predicted molar refractivity (Wildman–Crippen MR) is 62.7 cm³/mol. The normalized spacial score (nSPS) is 10.8. The number of benzene rings is 1. The van der Waals surface area contributed by atoms with E-state index in [4.69, 9.17) is 0 Å². The molecule has 1 aromatic carbocycles. The number of hydrogen-bond donors (Lipinski definition) is 1. The van der Waals surface area contributed by atoms with Crippen molar-refractivity contribution in [1.82, 2.24) is 20.1 Å². The predicted octanol–water partition coefficient (Wildman–Crippen LogP) is 1.55. The summed E-state index contributed by atoms with van der Waals surface area (Å²) in [5.41, 5.74) is 1.59. The van der Waals surface area contributed by atoms with E-state index in [0.717, 1.165) is 11.4 Å². The Morgan fingerprint density at radius 1 is 1.35 bits per heavy atom. The molecule has 0 bridgehead atoms. The van der Waals surface area contributed by atoms with Gasteiger partial charge < -0.3 is 5.32 Å². The van der Waals surface area contributed by atoms with E-state index >= 15 is 0 Å². The van der Waals surface area contributed by atoms with Gasteiger partial charge in [0.1, 0.15) is 12.1 Å². The molecule has 0 spiro atoms. The zero-order valence-corrected chi connectivity index (χ0v) is 9.94. The summed E-state index contributed by atoms with van der Waals surface area (Å²) in [7, 11) is 1.83. The van der Waals surface area contributed by atoms with Crippen molar-refractivity contribution in [1.29, 1.82) is 0 Å². The van der Waals surface area contributed by atoms with Gasteiger partial charge in [0.25, 0.3) is 0 Å². The highest BCUT2D eigenvalue weighted by Gasteiger charge is 2.01. The van der Waals surface area contributed by atoms with Crippen LogP contribution in [0.2, 0.25) is 0 Å². The van der Waals surface area contributed by atoms with Crippen LogP contribution >= 0.6 is 0 Å². The van der Waals surface area contributed by atoms with Crippen LogP contribution in [0, 0.1) is 12.7 Å². The molecule has 0 aliphatic rings. The van der Waals surface area contributed by atoms with Crippen LogP contribution < -0.4 is 5.32 Å². The summed E-state index contributed by atoms with van der Waals surface area (Å²) in [6.45, 7) is 2.94. The third-order valence-electron chi connectivity index (χ3n) is 2.50. The fourth-order valence-corrected chi connectivity index (χ4v) is 1.53. The van der Waals surface area contributed by atoms with E-state index in [2.05, 4.69) is 15.4 Å². The second-order valence-corrected chi connectivity index (χ2v) is 4.02. The Labute approximate surface area is 99.5 Å². The standard InChI is InChI=1S/C12H15FN4/c1-9-3-4-10(5-11(9)13)6-14-7-12-15-8-17(2)16-12/h3-5,8,14H,6-7H2,1-2H3. The van der Waals surface area contributed by atoms with E-state index in [9.17, 15) is 4.39 Å². The highest BCUT2D eigenvalue weighted by Crippen LogP contribution is 2.08. The van der Waals surface area contributed by atoms with Gasteiger partial charge >= 0.3 is 0 Å². The van der Waals surface area contributed by atoms with Crippen molar-refractivity contribution < 1.29 is 4.39 Å². The molecule has 0 aliphatic heterocycles. The smallest absolute Gasteiger partial charge is 0.164 e. The van der Waals surface area contributed by atoms with E-state index in [-0.39, 0.29) is 5.82 Å². The van der Waals surface area contributed by atoms with Gasteiger partial charge in [0.15, 0.2) is 5.82 Å². The number of nitrogens with zero attached hydrogens (tertiary/aromatic N) is 3. The zero-order valence-electron chi connectivity index (χ0n) is 9.94. The second kappa shape index (κ2) is 5.05. The van der Waals surface area contributed by atoms with E-state index < -0.39 is 0 Å². The maximum absolute atomic E-state index is 13.3. The van der Waals surface area contributed by atoms with Gasteiger partial charge in [-0.3, -0.25) is 4.68 Å². The van der Waals surface area contributed by atoms with Gasteiger partial charge in [-0.15, -0.1) is 0 Å². The minimum atomic E-state index is -0.166. The maximum atomic E-state index is 13.3. The Morgan fingerprint density at radius 2 is 2.18 bits per heavy atom. The number of aromatic nitrogens is 3. The van der Waals surface area contributed by atoms with Crippen molar-refractivity contribution in [3.63, 3.8) is 0 Å². The monoisotopic (exact) mass is 234 g/mol. The number of aryl methyl sites for hydroxylation is 2. The van der Waals surface area contributed by atoms with Crippen molar-refractivity contribution in [3.05, 3.63) is 47.3 Å². The molecule has 1 heterocycles. The lowest BCUT2D eigenvalue weighted by Crippen LogP contribution is -2.14. The molecular weight excluding hydrogens is 219 g/mol. The molecule has 2 aromatic rings. The molecule has 1 N–H and O–H groups in total. The van der Waals surface area contributed by atoms with E-state index in [1.807, 2.05) is 13.1 Å². The molecule has 5 heteroatoms. The maximum Gasteiger partial charge on any atom is 0.164 e. The first-order valence-corrected chi connectivity index (χ1v) is 5.45. The molecule has 0 aliphatic carbocycles. The fourth-order valence-electron chi connectivity index (χ4n) is 1.53. The SMILES string of the molecule is Cc1ccc(CNCc2ncn(C)n2)cc1F. The van der Waals surface area contributed by atoms with Crippen molar-refractivity contribution in [2.45, 2.75) is 20.0 Å². The lowest BCUT2D eigenvalue weighted by Gasteiger charge is -2.04. The van der Waals surface area contributed by atoms with Gasteiger partial charge in [0, 0.05) is 13.6 Å². The first-order valence-electron chi connectivity index (χ1n) is 5.45. The van der Waals surface area contributed by atoms with Crippen molar-refractivity contribution in [3.8, 4) is 0 Å². The minimum Gasteiger partial charge on any atom is -0.306 e. The van der Waals surface area contributed by atoms with Crippen LogP contribution in [0.4, 0.5) is 4.39 Å². The third-order valence-corrected chi connectivity index (χ3v) is 2.50. The van der Waals surface area contributed by atoms with Crippen LogP contribution in [0.5, 0.6) is 0 Å². The summed E-state index contributed by atoms with van der Waals surface area (Å²) in [6, 6.07) is 5.25. The molecule has 0 unspecified atom stereocenters. The topological polar surface area (TPSA) is 42.7 Å². The van der Waals surface area contributed by atoms with Crippen LogP contribution in [-0.4, -0.2) is 14.8 Å². The molecule has 2 rings (SSSR count). The highest BCUT2D eigenvalue weighted by atomic mass is 19.1. The molecule has 4 nitrogen and oxygen atoms in total. The molecule has 1 aromatic heterocycles. The summed E-state index contributed by atoms with van der Waals surface area (Å²) < 4.78 is 14.9. The second-order valence-electron chi connectivity index (χ2n) is 4.02. The fraction of sp³-hybridized carbons (Fsp3) is 0.333. The van der Waals surface area contributed by atoms with Crippen molar-refractivity contribution in [2.75, 3.05) is 0 Å². The minimum absolute atomic E-state index is 0.166.